The zero-order chi connectivity index (χ0) is 15.1. The van der Waals surface area contributed by atoms with Gasteiger partial charge in [0.05, 0.1) is 0 Å². The summed E-state index contributed by atoms with van der Waals surface area (Å²) in [5.41, 5.74) is 7.16. The third-order valence-electron chi connectivity index (χ3n) is 5.48. The zero-order valence-electron chi connectivity index (χ0n) is 13.1. The summed E-state index contributed by atoms with van der Waals surface area (Å²) in [6, 6.07) is 2.55. The summed E-state index contributed by atoms with van der Waals surface area (Å²) in [6.07, 6.45) is 6.71. The fourth-order valence-electron chi connectivity index (χ4n) is 3.61. The van der Waals surface area contributed by atoms with Crippen molar-refractivity contribution in [2.45, 2.75) is 56.4 Å². The number of piperidine rings is 1. The molecule has 1 saturated heterocycles. The molecule has 3 fully saturated rings. The van der Waals surface area contributed by atoms with Crippen molar-refractivity contribution >= 4 is 5.82 Å². The van der Waals surface area contributed by atoms with Crippen molar-refractivity contribution in [3.05, 3.63) is 17.6 Å². The number of nitrogens with zero attached hydrogens (tertiary/aromatic N) is 3. The summed E-state index contributed by atoms with van der Waals surface area (Å²) < 4.78 is 0. The van der Waals surface area contributed by atoms with Crippen LogP contribution in [0.4, 0.5) is 5.82 Å². The predicted molar refractivity (Wildman–Crippen MR) is 86.0 cm³/mol. The smallest absolute Gasteiger partial charge is 0.134 e. The molecule has 1 aromatic rings. The topological polar surface area (TPSA) is 75.3 Å². The van der Waals surface area contributed by atoms with Gasteiger partial charge in [-0.05, 0) is 44.4 Å². The largest absolute Gasteiger partial charge is 0.396 e. The molecule has 0 spiro atoms. The molecule has 0 aromatic carbocycles. The number of hydrogen-bond donors (Lipinski definition) is 2. The lowest BCUT2D eigenvalue weighted by Gasteiger charge is -2.35. The predicted octanol–water partition coefficient (Wildman–Crippen LogP) is 1.77. The van der Waals surface area contributed by atoms with E-state index in [0.29, 0.717) is 30.4 Å². The van der Waals surface area contributed by atoms with Crippen molar-refractivity contribution in [2.24, 2.45) is 11.7 Å². The maximum atomic E-state index is 9.30. The van der Waals surface area contributed by atoms with Crippen LogP contribution in [0.2, 0.25) is 0 Å². The highest BCUT2D eigenvalue weighted by Gasteiger charge is 2.33. The highest BCUT2D eigenvalue weighted by molar-refractivity contribution is 5.42. The summed E-state index contributed by atoms with van der Waals surface area (Å²) in [7, 11) is 0. The second-order valence-electron chi connectivity index (χ2n) is 7.32. The molecular formula is C17H26N4O. The molecule has 0 amide bonds. The Hall–Kier alpha value is -1.20. The van der Waals surface area contributed by atoms with Gasteiger partial charge in [0.1, 0.15) is 11.6 Å². The average Bonchev–Trinajstić information content (AvgIpc) is 3.36. The highest BCUT2D eigenvalue weighted by atomic mass is 16.3. The summed E-state index contributed by atoms with van der Waals surface area (Å²) >= 11 is 0. The van der Waals surface area contributed by atoms with Crippen molar-refractivity contribution in [1.82, 2.24) is 9.97 Å². The molecule has 4 rings (SSSR count). The number of aliphatic hydroxyl groups excluding tert-OH is 1. The molecule has 2 saturated carbocycles. The van der Waals surface area contributed by atoms with Crippen LogP contribution in [0.25, 0.3) is 0 Å². The molecule has 0 radical (unpaired) electrons. The quantitative estimate of drug-likeness (QED) is 0.886. The molecule has 3 N–H and O–H groups in total. The average molecular weight is 302 g/mol. The molecule has 0 atom stereocenters. The first-order valence-electron chi connectivity index (χ1n) is 8.73. The minimum Gasteiger partial charge on any atom is -0.396 e. The number of hydrogen-bond acceptors (Lipinski definition) is 5. The SMILES string of the molecule is NC1CC(c2cc(N3CCC(CO)CC3)nc(C3CC3)n2)C1. The van der Waals surface area contributed by atoms with Crippen LogP contribution in [0.1, 0.15) is 61.9 Å². The maximum absolute atomic E-state index is 9.30. The molecule has 5 nitrogen and oxygen atoms in total. The van der Waals surface area contributed by atoms with Gasteiger partial charge in [0.2, 0.25) is 0 Å². The van der Waals surface area contributed by atoms with Crippen molar-refractivity contribution in [3.8, 4) is 0 Å². The van der Waals surface area contributed by atoms with E-state index in [-0.39, 0.29) is 0 Å². The van der Waals surface area contributed by atoms with Crippen LogP contribution in [0, 0.1) is 5.92 Å². The molecule has 3 aliphatic rings. The fourth-order valence-corrected chi connectivity index (χ4v) is 3.61. The lowest BCUT2D eigenvalue weighted by atomic mass is 9.78. The zero-order valence-corrected chi connectivity index (χ0v) is 13.1. The second-order valence-corrected chi connectivity index (χ2v) is 7.32. The first kappa shape index (κ1) is 14.4. The van der Waals surface area contributed by atoms with Gasteiger partial charge in [-0.15, -0.1) is 0 Å². The lowest BCUT2D eigenvalue weighted by Crippen LogP contribution is -2.37. The van der Waals surface area contributed by atoms with Crippen LogP contribution in [0.15, 0.2) is 6.07 Å². The van der Waals surface area contributed by atoms with E-state index in [0.717, 1.165) is 50.4 Å². The van der Waals surface area contributed by atoms with E-state index in [1.165, 1.54) is 18.5 Å². The van der Waals surface area contributed by atoms with Crippen molar-refractivity contribution in [1.29, 1.82) is 0 Å². The highest BCUT2D eigenvalue weighted by Crippen LogP contribution is 2.41. The van der Waals surface area contributed by atoms with E-state index in [9.17, 15) is 5.11 Å². The van der Waals surface area contributed by atoms with E-state index in [4.69, 9.17) is 15.7 Å². The van der Waals surface area contributed by atoms with E-state index in [1.54, 1.807) is 0 Å². The third-order valence-corrected chi connectivity index (χ3v) is 5.48. The Balaban J connectivity index is 1.55. The van der Waals surface area contributed by atoms with Crippen LogP contribution in [0.5, 0.6) is 0 Å². The molecule has 0 unspecified atom stereocenters. The van der Waals surface area contributed by atoms with Gasteiger partial charge < -0.3 is 15.7 Å². The van der Waals surface area contributed by atoms with Crippen LogP contribution in [-0.2, 0) is 0 Å². The molecule has 5 heteroatoms. The van der Waals surface area contributed by atoms with Gasteiger partial charge >= 0.3 is 0 Å². The number of nitrogens with two attached hydrogens (primary N) is 1. The monoisotopic (exact) mass is 302 g/mol. The molecule has 1 aromatic heterocycles. The van der Waals surface area contributed by atoms with Crippen LogP contribution in [0.3, 0.4) is 0 Å². The van der Waals surface area contributed by atoms with Gasteiger partial charge in [0, 0.05) is 49.3 Å². The third kappa shape index (κ3) is 2.84. The van der Waals surface area contributed by atoms with E-state index in [2.05, 4.69) is 11.0 Å². The fraction of sp³-hybridized carbons (Fsp3) is 0.765. The summed E-state index contributed by atoms with van der Waals surface area (Å²) in [4.78, 5) is 12.1. The van der Waals surface area contributed by atoms with Gasteiger partial charge in [-0.2, -0.15) is 0 Å². The van der Waals surface area contributed by atoms with Gasteiger partial charge in [-0.3, -0.25) is 0 Å². The van der Waals surface area contributed by atoms with Crippen LogP contribution in [-0.4, -0.2) is 40.8 Å². The van der Waals surface area contributed by atoms with Crippen LogP contribution < -0.4 is 10.6 Å². The normalized spacial score (nSPS) is 29.5. The Morgan fingerprint density at radius 1 is 1.09 bits per heavy atom. The molecule has 22 heavy (non-hydrogen) atoms. The Labute approximate surface area is 131 Å². The Bertz CT molecular complexity index is 531. The summed E-state index contributed by atoms with van der Waals surface area (Å²) in [5, 5.41) is 9.30. The van der Waals surface area contributed by atoms with Crippen LogP contribution >= 0.6 is 0 Å². The number of aliphatic hydroxyl groups is 1. The summed E-state index contributed by atoms with van der Waals surface area (Å²) in [5.74, 6) is 3.73. The van der Waals surface area contributed by atoms with Gasteiger partial charge in [0.15, 0.2) is 0 Å². The molecule has 0 bridgehead atoms. The molecule has 120 valence electrons. The molecule has 2 aliphatic carbocycles. The number of rotatable bonds is 4. The maximum Gasteiger partial charge on any atom is 0.134 e. The Morgan fingerprint density at radius 3 is 2.41 bits per heavy atom. The van der Waals surface area contributed by atoms with Crippen molar-refractivity contribution in [3.63, 3.8) is 0 Å². The second kappa shape index (κ2) is 5.78. The van der Waals surface area contributed by atoms with E-state index < -0.39 is 0 Å². The lowest BCUT2D eigenvalue weighted by molar-refractivity contribution is 0.202. The van der Waals surface area contributed by atoms with Gasteiger partial charge in [-0.1, -0.05) is 0 Å². The Morgan fingerprint density at radius 2 is 1.82 bits per heavy atom. The Kier molecular flexibility index (Phi) is 3.78. The number of aromatic nitrogens is 2. The first-order chi connectivity index (χ1) is 10.7. The molecular weight excluding hydrogens is 276 g/mol. The van der Waals surface area contributed by atoms with Crippen molar-refractivity contribution < 1.29 is 5.11 Å². The van der Waals surface area contributed by atoms with E-state index >= 15 is 0 Å². The number of anilines is 1. The van der Waals surface area contributed by atoms with E-state index in [1.807, 2.05) is 0 Å². The van der Waals surface area contributed by atoms with Crippen molar-refractivity contribution in [2.75, 3.05) is 24.6 Å². The molecule has 2 heterocycles. The summed E-state index contributed by atoms with van der Waals surface area (Å²) in [6.45, 7) is 2.31. The van der Waals surface area contributed by atoms with Gasteiger partial charge in [0.25, 0.3) is 0 Å². The van der Waals surface area contributed by atoms with Gasteiger partial charge in [-0.25, -0.2) is 9.97 Å². The molecule has 1 aliphatic heterocycles. The minimum atomic E-state index is 0.316. The minimum absolute atomic E-state index is 0.316. The first-order valence-corrected chi connectivity index (χ1v) is 8.73. The standard InChI is InChI=1S/C17H26N4O/c18-14-7-13(8-14)15-9-16(20-17(19-15)12-1-2-12)21-5-3-11(10-22)4-6-21/h9,11-14,22H,1-8,10,18H2.